The van der Waals surface area contributed by atoms with Crippen molar-refractivity contribution in [2.45, 2.75) is 11.1 Å². The number of nitrogens with two attached hydrogens (primary N) is 1. The normalized spacial score (nSPS) is 11.8. The molecule has 0 aliphatic carbocycles. The van der Waals surface area contributed by atoms with Gasteiger partial charge in [-0.3, -0.25) is 9.78 Å². The largest absolute Gasteiger partial charge is 0.496 e. The Balaban J connectivity index is 0.000000532. The lowest BCUT2D eigenvalue weighted by molar-refractivity contribution is -0.192. The number of halogens is 4. The monoisotopic (exact) mass is 587 g/mol. The lowest BCUT2D eigenvalue weighted by Gasteiger charge is -2.13. The number of nitrogen functional groups attached to an aromatic ring is 1. The number of anilines is 1. The third kappa shape index (κ3) is 6.16. The molecule has 2 aromatic heterocycles. The average Bonchev–Trinajstić information content (AvgIpc) is 3.23. The first-order chi connectivity index (χ1) is 18.1. The lowest BCUT2D eigenvalue weighted by atomic mass is 9.98. The fourth-order valence-electron chi connectivity index (χ4n) is 3.48. The molecule has 0 saturated heterocycles. The number of methoxy groups -OCH3 is 1. The smallest absolute Gasteiger partial charge is 0.490 e. The zero-order valence-electron chi connectivity index (χ0n) is 20.4. The molecule has 5 N–H and O–H groups in total. The van der Waals surface area contributed by atoms with Crippen LogP contribution in [-0.4, -0.2) is 66.1 Å². The topological polar surface area (TPSA) is 171 Å². The Labute approximate surface area is 224 Å². The molecule has 0 fully saturated rings. The highest BCUT2D eigenvalue weighted by Gasteiger charge is 2.38. The van der Waals surface area contributed by atoms with Gasteiger partial charge in [-0.05, 0) is 35.9 Å². The molecule has 0 aliphatic rings. The van der Waals surface area contributed by atoms with E-state index in [1.807, 2.05) is 0 Å². The van der Waals surface area contributed by atoms with Crippen LogP contribution in [0.2, 0.25) is 5.02 Å². The molecule has 4 rings (SSSR count). The van der Waals surface area contributed by atoms with Crippen molar-refractivity contribution in [3.63, 3.8) is 0 Å². The molecule has 0 atom stereocenters. The van der Waals surface area contributed by atoms with Crippen molar-refractivity contribution in [2.24, 2.45) is 0 Å². The van der Waals surface area contributed by atoms with Gasteiger partial charge in [-0.1, -0.05) is 23.7 Å². The van der Waals surface area contributed by atoms with Crippen molar-refractivity contribution >= 4 is 44.6 Å². The van der Waals surface area contributed by atoms with E-state index in [0.717, 1.165) is 4.31 Å². The molecule has 2 heterocycles. The Morgan fingerprint density at radius 2 is 1.72 bits per heavy atom. The first-order valence-corrected chi connectivity index (χ1v) is 12.5. The number of sulfonamides is 1. The second-order valence-electron chi connectivity index (χ2n) is 8.01. The second-order valence-corrected chi connectivity index (χ2v) is 10.6. The molecule has 0 bridgehead atoms. The highest BCUT2D eigenvalue weighted by Crippen LogP contribution is 2.42. The number of hydrogen-bond donors (Lipinski definition) is 4. The number of ether oxygens (including phenoxy) is 1. The zero-order valence-corrected chi connectivity index (χ0v) is 22.0. The molecular formula is C23H21ClF3N5O6S. The number of nitrogens with one attached hydrogen (secondary N) is 2. The number of aromatic nitrogens is 3. The Hall–Kier alpha value is -4.08. The molecule has 0 unspecified atom stereocenters. The molecule has 16 heteroatoms. The van der Waals surface area contributed by atoms with Crippen molar-refractivity contribution in [1.29, 1.82) is 0 Å². The highest BCUT2D eigenvalue weighted by molar-refractivity contribution is 7.89. The Morgan fingerprint density at radius 1 is 1.13 bits per heavy atom. The molecule has 208 valence electrons. The van der Waals surface area contributed by atoms with Gasteiger partial charge in [0.1, 0.15) is 11.4 Å². The van der Waals surface area contributed by atoms with E-state index in [1.54, 1.807) is 30.3 Å². The fourth-order valence-corrected chi connectivity index (χ4v) is 4.56. The standard InChI is InChI=1S/C21H20ClN5O4S.C2HF3O2/c1-27(2)32(29,30)13-7-4-11(5-8-13)18-16(14-10-12(22)6-9-15(14)31-3)17-19(24-18)25-21(23)26-20(17)28;3-2(4,5)1(6)7/h4-10H,1-3H3,(H4,23,24,25,26,28);(H,6,7). The van der Waals surface area contributed by atoms with Crippen LogP contribution in [0, 0.1) is 0 Å². The van der Waals surface area contributed by atoms with Crippen molar-refractivity contribution < 1.29 is 36.2 Å². The summed E-state index contributed by atoms with van der Waals surface area (Å²) in [6, 6.07) is 11.4. The molecular weight excluding hydrogens is 567 g/mol. The molecule has 2 aromatic carbocycles. The maximum absolute atomic E-state index is 12.8. The summed E-state index contributed by atoms with van der Waals surface area (Å²) in [5, 5.41) is 7.85. The Kier molecular flexibility index (Phi) is 8.28. The molecule has 0 aliphatic heterocycles. The number of rotatable bonds is 5. The van der Waals surface area contributed by atoms with Crippen LogP contribution in [0.25, 0.3) is 33.4 Å². The van der Waals surface area contributed by atoms with Crippen LogP contribution in [0.4, 0.5) is 19.1 Å². The van der Waals surface area contributed by atoms with Gasteiger partial charge in [0.25, 0.3) is 5.56 Å². The minimum atomic E-state index is -5.08. The summed E-state index contributed by atoms with van der Waals surface area (Å²) < 4.78 is 63.2. The molecule has 0 amide bonds. The Morgan fingerprint density at radius 3 is 2.23 bits per heavy atom. The van der Waals surface area contributed by atoms with E-state index in [1.165, 1.54) is 33.3 Å². The van der Waals surface area contributed by atoms with E-state index in [4.69, 9.17) is 32.0 Å². The van der Waals surface area contributed by atoms with Gasteiger partial charge in [0, 0.05) is 30.2 Å². The number of carbonyl (C=O) groups is 1. The maximum Gasteiger partial charge on any atom is 0.490 e. The van der Waals surface area contributed by atoms with E-state index in [-0.39, 0.29) is 21.9 Å². The van der Waals surface area contributed by atoms with Crippen molar-refractivity contribution in [1.82, 2.24) is 19.3 Å². The van der Waals surface area contributed by atoms with E-state index < -0.39 is 27.7 Å². The molecule has 4 aromatic rings. The van der Waals surface area contributed by atoms with E-state index in [0.29, 0.717) is 33.2 Å². The van der Waals surface area contributed by atoms with Crippen LogP contribution in [0.5, 0.6) is 5.75 Å². The number of carboxylic acids is 1. The SMILES string of the molecule is COc1ccc(Cl)cc1-c1c(-c2ccc(S(=O)(=O)N(C)C)cc2)[nH]c2nc(N)[nH]c(=O)c12.O=C(O)C(F)(F)F. The second kappa shape index (κ2) is 11.0. The van der Waals surface area contributed by atoms with Crippen LogP contribution in [0.15, 0.2) is 52.2 Å². The molecule has 11 nitrogen and oxygen atoms in total. The summed E-state index contributed by atoms with van der Waals surface area (Å²) >= 11 is 6.25. The maximum atomic E-state index is 12.8. The molecule has 39 heavy (non-hydrogen) atoms. The predicted octanol–water partition coefficient (Wildman–Crippen LogP) is 3.71. The molecule has 0 radical (unpaired) electrons. The highest BCUT2D eigenvalue weighted by atomic mass is 35.5. The van der Waals surface area contributed by atoms with Crippen molar-refractivity contribution in [3.8, 4) is 28.1 Å². The average molecular weight is 588 g/mol. The first kappa shape index (κ1) is 29.5. The number of nitrogens with zero attached hydrogens (tertiary/aromatic N) is 2. The summed E-state index contributed by atoms with van der Waals surface area (Å²) in [7, 11) is 0.857. The number of alkyl halides is 3. The van der Waals surface area contributed by atoms with E-state index in [9.17, 15) is 26.4 Å². The van der Waals surface area contributed by atoms with Gasteiger partial charge in [0.05, 0.1) is 23.1 Å². The number of aromatic amines is 2. The molecule has 0 saturated carbocycles. The van der Waals surface area contributed by atoms with Crippen LogP contribution in [-0.2, 0) is 14.8 Å². The van der Waals surface area contributed by atoms with E-state index >= 15 is 0 Å². The van der Waals surface area contributed by atoms with Crippen LogP contribution >= 0.6 is 11.6 Å². The van der Waals surface area contributed by atoms with E-state index in [2.05, 4.69) is 15.0 Å². The van der Waals surface area contributed by atoms with Crippen LogP contribution in [0.3, 0.4) is 0 Å². The lowest BCUT2D eigenvalue weighted by Crippen LogP contribution is -2.22. The number of H-pyrrole nitrogens is 2. The Bertz CT molecular complexity index is 1700. The predicted molar refractivity (Wildman–Crippen MR) is 138 cm³/mol. The summed E-state index contributed by atoms with van der Waals surface area (Å²) in [5.74, 6) is -2.29. The minimum absolute atomic E-state index is 0.0349. The zero-order chi connectivity index (χ0) is 29.3. The van der Waals surface area contributed by atoms with Gasteiger partial charge in [-0.2, -0.15) is 18.2 Å². The van der Waals surface area contributed by atoms with Gasteiger partial charge >= 0.3 is 12.1 Å². The third-order valence-electron chi connectivity index (χ3n) is 5.28. The van der Waals surface area contributed by atoms with Gasteiger partial charge in [-0.25, -0.2) is 17.5 Å². The van der Waals surface area contributed by atoms with Crippen molar-refractivity contribution in [2.75, 3.05) is 26.9 Å². The third-order valence-corrected chi connectivity index (χ3v) is 7.34. The van der Waals surface area contributed by atoms with Gasteiger partial charge < -0.3 is 20.6 Å². The quantitative estimate of drug-likeness (QED) is 0.273. The fraction of sp³-hybridized carbons (Fsp3) is 0.174. The van der Waals surface area contributed by atoms with Crippen LogP contribution < -0.4 is 16.0 Å². The summed E-state index contributed by atoms with van der Waals surface area (Å²) in [4.78, 5) is 31.7. The molecule has 0 spiro atoms. The summed E-state index contributed by atoms with van der Waals surface area (Å²) in [6.45, 7) is 0. The summed E-state index contributed by atoms with van der Waals surface area (Å²) in [5.41, 5.74) is 7.84. The number of aliphatic carboxylic acids is 1. The van der Waals surface area contributed by atoms with Gasteiger partial charge in [0.2, 0.25) is 16.0 Å². The van der Waals surface area contributed by atoms with Crippen LogP contribution in [0.1, 0.15) is 0 Å². The van der Waals surface area contributed by atoms with Gasteiger partial charge in [-0.15, -0.1) is 0 Å². The number of fused-ring (bicyclic) bond motifs is 1. The van der Waals surface area contributed by atoms with Crippen molar-refractivity contribution in [3.05, 3.63) is 57.8 Å². The first-order valence-electron chi connectivity index (χ1n) is 10.7. The number of carboxylic acid groups (broad SMARTS) is 1. The summed E-state index contributed by atoms with van der Waals surface area (Å²) in [6.07, 6.45) is -5.08. The number of hydrogen-bond acceptors (Lipinski definition) is 7. The van der Waals surface area contributed by atoms with Gasteiger partial charge in [0.15, 0.2) is 0 Å². The minimum Gasteiger partial charge on any atom is -0.496 e. The number of benzene rings is 2.